The molecular formula is C12H27NO4Si. The van der Waals surface area contributed by atoms with Gasteiger partial charge in [-0.3, -0.25) is 4.79 Å². The van der Waals surface area contributed by atoms with Gasteiger partial charge in [0.15, 0.2) is 0 Å². The molecule has 0 aliphatic heterocycles. The van der Waals surface area contributed by atoms with Crippen molar-refractivity contribution >= 4 is 15.3 Å². The van der Waals surface area contributed by atoms with Crippen molar-refractivity contribution in [2.75, 3.05) is 26.8 Å². The minimum atomic E-state index is -1.75. The van der Waals surface area contributed by atoms with Crippen LogP contribution in [0.1, 0.15) is 40.0 Å². The van der Waals surface area contributed by atoms with Crippen molar-refractivity contribution in [3.05, 3.63) is 0 Å². The first-order chi connectivity index (χ1) is 8.56. The van der Waals surface area contributed by atoms with Gasteiger partial charge < -0.3 is 18.9 Å². The van der Waals surface area contributed by atoms with Gasteiger partial charge in [-0.25, -0.2) is 0 Å². The third-order valence-corrected chi connectivity index (χ3v) is 5.60. The van der Waals surface area contributed by atoms with Crippen molar-refractivity contribution in [3.8, 4) is 0 Å². The van der Waals surface area contributed by atoms with Gasteiger partial charge in [0.05, 0.1) is 12.1 Å². The summed E-state index contributed by atoms with van der Waals surface area (Å²) in [6.07, 6.45) is 2.20. The van der Waals surface area contributed by atoms with Crippen LogP contribution >= 0.6 is 0 Å². The van der Waals surface area contributed by atoms with Crippen molar-refractivity contribution in [3.63, 3.8) is 0 Å². The van der Waals surface area contributed by atoms with E-state index in [1.165, 1.54) is 0 Å². The molecule has 0 aromatic rings. The van der Waals surface area contributed by atoms with Crippen molar-refractivity contribution in [2.24, 2.45) is 0 Å². The van der Waals surface area contributed by atoms with E-state index in [2.05, 4.69) is 11.8 Å². The summed E-state index contributed by atoms with van der Waals surface area (Å²) in [4.78, 5) is 12.7. The average molecular weight is 277 g/mol. The Morgan fingerprint density at radius 1 is 1.28 bits per heavy atom. The van der Waals surface area contributed by atoms with E-state index in [0.29, 0.717) is 19.8 Å². The number of hydrogen-bond donors (Lipinski definition) is 1. The third-order valence-electron chi connectivity index (χ3n) is 2.81. The van der Waals surface area contributed by atoms with Gasteiger partial charge in [-0.1, -0.05) is 13.3 Å². The van der Waals surface area contributed by atoms with Gasteiger partial charge in [0.1, 0.15) is 0 Å². The van der Waals surface area contributed by atoms with E-state index in [1.807, 2.05) is 20.9 Å². The second-order valence-electron chi connectivity index (χ2n) is 4.26. The SMILES string of the molecule is CCCC(N(C)CCC(=O)O)[SiH](OCC)OCC. The Hall–Kier alpha value is -0.433. The number of nitrogens with zero attached hydrogens (tertiary/aromatic N) is 1. The first-order valence-corrected chi connectivity index (χ1v) is 8.32. The second kappa shape index (κ2) is 10.5. The highest BCUT2D eigenvalue weighted by Crippen LogP contribution is 2.12. The number of hydrogen-bond acceptors (Lipinski definition) is 4. The van der Waals surface area contributed by atoms with E-state index >= 15 is 0 Å². The molecule has 6 heteroatoms. The van der Waals surface area contributed by atoms with E-state index in [-0.39, 0.29) is 12.1 Å². The van der Waals surface area contributed by atoms with Crippen molar-refractivity contribution in [2.45, 2.75) is 45.7 Å². The summed E-state index contributed by atoms with van der Waals surface area (Å²) >= 11 is 0. The smallest absolute Gasteiger partial charge is 0.339 e. The molecule has 0 heterocycles. The van der Waals surface area contributed by atoms with E-state index in [9.17, 15) is 4.79 Å². The summed E-state index contributed by atoms with van der Waals surface area (Å²) in [6, 6.07) is 0. The lowest BCUT2D eigenvalue weighted by Gasteiger charge is -2.32. The van der Waals surface area contributed by atoms with Gasteiger partial charge in [0, 0.05) is 19.8 Å². The Morgan fingerprint density at radius 2 is 1.83 bits per heavy atom. The molecule has 1 atom stereocenters. The van der Waals surface area contributed by atoms with Crippen LogP contribution in [0.25, 0.3) is 0 Å². The zero-order valence-electron chi connectivity index (χ0n) is 12.0. The van der Waals surface area contributed by atoms with Crippen LogP contribution in [-0.4, -0.2) is 57.7 Å². The van der Waals surface area contributed by atoms with Crippen LogP contribution < -0.4 is 0 Å². The number of aliphatic carboxylic acids is 1. The number of rotatable bonds is 11. The fourth-order valence-electron chi connectivity index (χ4n) is 1.90. The average Bonchev–Trinajstić information content (AvgIpc) is 2.33. The maximum absolute atomic E-state index is 10.6. The van der Waals surface area contributed by atoms with Crippen LogP contribution in [0, 0.1) is 0 Å². The molecular weight excluding hydrogens is 250 g/mol. The van der Waals surface area contributed by atoms with Crippen LogP contribution in [0.4, 0.5) is 0 Å². The zero-order valence-corrected chi connectivity index (χ0v) is 13.2. The minimum absolute atomic E-state index is 0.163. The lowest BCUT2D eigenvalue weighted by molar-refractivity contribution is -0.137. The summed E-state index contributed by atoms with van der Waals surface area (Å²) in [6.45, 7) is 7.93. The quantitative estimate of drug-likeness (QED) is 0.578. The topological polar surface area (TPSA) is 59.0 Å². The molecule has 0 saturated carbocycles. The first-order valence-electron chi connectivity index (χ1n) is 6.71. The lowest BCUT2D eigenvalue weighted by Crippen LogP contribution is -2.48. The molecule has 0 amide bonds. The van der Waals surface area contributed by atoms with Crippen LogP contribution in [0.2, 0.25) is 0 Å². The lowest BCUT2D eigenvalue weighted by atomic mass is 10.3. The molecule has 0 spiro atoms. The molecule has 0 aliphatic carbocycles. The van der Waals surface area contributed by atoms with Gasteiger partial charge in [-0.2, -0.15) is 0 Å². The molecule has 1 unspecified atom stereocenters. The number of carbonyl (C=O) groups is 1. The normalized spacial score (nSPS) is 13.2. The summed E-state index contributed by atoms with van der Waals surface area (Å²) in [5, 5.41) is 8.74. The summed E-state index contributed by atoms with van der Waals surface area (Å²) in [5.41, 5.74) is 0.245. The molecule has 0 aliphatic rings. The molecule has 0 fully saturated rings. The fourth-order valence-corrected chi connectivity index (χ4v) is 4.26. The van der Waals surface area contributed by atoms with Gasteiger partial charge in [0.25, 0.3) is 0 Å². The molecule has 0 bridgehead atoms. The molecule has 0 radical (unpaired) electrons. The highest BCUT2D eigenvalue weighted by atomic mass is 28.3. The summed E-state index contributed by atoms with van der Waals surface area (Å²) in [7, 11) is 0.205. The van der Waals surface area contributed by atoms with Crippen molar-refractivity contribution in [1.29, 1.82) is 0 Å². The Balaban J connectivity index is 4.50. The van der Waals surface area contributed by atoms with E-state index < -0.39 is 15.3 Å². The van der Waals surface area contributed by atoms with Crippen LogP contribution in [0.3, 0.4) is 0 Å². The summed E-state index contributed by atoms with van der Waals surface area (Å²) in [5.74, 6) is -0.761. The Morgan fingerprint density at radius 3 is 2.22 bits per heavy atom. The monoisotopic (exact) mass is 277 g/mol. The third kappa shape index (κ3) is 7.10. The number of carboxylic acids is 1. The largest absolute Gasteiger partial charge is 0.481 e. The van der Waals surface area contributed by atoms with E-state index in [0.717, 1.165) is 12.8 Å². The van der Waals surface area contributed by atoms with Crippen LogP contribution in [0.5, 0.6) is 0 Å². The number of carboxylic acid groups (broad SMARTS) is 1. The Labute approximate surface area is 112 Å². The fraction of sp³-hybridized carbons (Fsp3) is 0.917. The molecule has 0 saturated heterocycles. The van der Waals surface area contributed by atoms with E-state index in [4.69, 9.17) is 14.0 Å². The first kappa shape index (κ1) is 17.6. The summed E-state index contributed by atoms with van der Waals surface area (Å²) < 4.78 is 11.5. The van der Waals surface area contributed by atoms with Crippen molar-refractivity contribution in [1.82, 2.24) is 4.90 Å². The molecule has 18 heavy (non-hydrogen) atoms. The molecule has 5 nitrogen and oxygen atoms in total. The Kier molecular flexibility index (Phi) is 10.2. The highest BCUT2D eigenvalue weighted by molar-refractivity contribution is 6.46. The van der Waals surface area contributed by atoms with Gasteiger partial charge in [-0.15, -0.1) is 0 Å². The van der Waals surface area contributed by atoms with Gasteiger partial charge in [-0.05, 0) is 27.3 Å². The molecule has 108 valence electrons. The Bertz CT molecular complexity index is 222. The minimum Gasteiger partial charge on any atom is -0.481 e. The van der Waals surface area contributed by atoms with Gasteiger partial charge in [0.2, 0.25) is 0 Å². The molecule has 1 N–H and O–H groups in total. The van der Waals surface area contributed by atoms with E-state index in [1.54, 1.807) is 0 Å². The van der Waals surface area contributed by atoms with Crippen LogP contribution in [-0.2, 0) is 13.6 Å². The second-order valence-corrected chi connectivity index (χ2v) is 6.43. The molecule has 0 aromatic heterocycles. The zero-order chi connectivity index (χ0) is 14.0. The maximum atomic E-state index is 10.6. The van der Waals surface area contributed by atoms with Crippen molar-refractivity contribution < 1.29 is 18.8 Å². The molecule has 0 aromatic carbocycles. The molecule has 0 rings (SSSR count). The maximum Gasteiger partial charge on any atom is 0.339 e. The standard InChI is InChI=1S/C12H27NO4Si/c1-5-8-11(13(4)10-9-12(14)15)18(16-6-2)17-7-3/h11,18H,5-10H2,1-4H3,(H,14,15). The predicted octanol–water partition coefficient (Wildman–Crippen LogP) is 1.39. The van der Waals surface area contributed by atoms with Gasteiger partial charge >= 0.3 is 15.3 Å². The highest BCUT2D eigenvalue weighted by Gasteiger charge is 2.28. The van der Waals surface area contributed by atoms with Crippen LogP contribution in [0.15, 0.2) is 0 Å². The predicted molar refractivity (Wildman–Crippen MR) is 74.0 cm³/mol.